The summed E-state index contributed by atoms with van der Waals surface area (Å²) in [6.45, 7) is 3.63. The second-order valence-corrected chi connectivity index (χ2v) is 7.76. The number of halogens is 1. The summed E-state index contributed by atoms with van der Waals surface area (Å²) in [6.07, 6.45) is 1.38. The summed E-state index contributed by atoms with van der Waals surface area (Å²) in [5, 5.41) is 17.6. The summed E-state index contributed by atoms with van der Waals surface area (Å²) >= 11 is 6.24. The minimum absolute atomic E-state index is 0.111. The van der Waals surface area contributed by atoms with E-state index in [2.05, 4.69) is 15.8 Å². The van der Waals surface area contributed by atoms with Crippen LogP contribution in [-0.2, 0) is 4.79 Å². The van der Waals surface area contributed by atoms with Crippen molar-refractivity contribution in [1.29, 1.82) is 0 Å². The van der Waals surface area contributed by atoms with Gasteiger partial charge in [-0.1, -0.05) is 23.7 Å². The van der Waals surface area contributed by atoms with E-state index in [4.69, 9.17) is 16.3 Å². The molecule has 0 radical (unpaired) electrons. The van der Waals surface area contributed by atoms with Crippen molar-refractivity contribution < 1.29 is 19.2 Å². The van der Waals surface area contributed by atoms with Crippen molar-refractivity contribution in [3.8, 4) is 5.75 Å². The highest BCUT2D eigenvalue weighted by atomic mass is 35.5. The first-order valence-electron chi connectivity index (χ1n) is 10.1. The van der Waals surface area contributed by atoms with Gasteiger partial charge in [0, 0.05) is 23.4 Å². The van der Waals surface area contributed by atoms with Crippen LogP contribution in [0.5, 0.6) is 5.75 Å². The lowest BCUT2D eigenvalue weighted by Gasteiger charge is -2.11. The SMILES string of the molecule is Cc1ccc(C)c(NC(=O)COc2ccc(/C=N/NC(=O)c3ccc([N+](=O)[O-])cc3)cc2Cl)c1. The maximum Gasteiger partial charge on any atom is 0.271 e. The molecule has 0 saturated carbocycles. The number of nitro benzene ring substituents is 1. The van der Waals surface area contributed by atoms with Gasteiger partial charge in [-0.15, -0.1) is 0 Å². The Kier molecular flexibility index (Phi) is 7.94. The predicted molar refractivity (Wildman–Crippen MR) is 130 cm³/mol. The van der Waals surface area contributed by atoms with Crippen LogP contribution in [0.4, 0.5) is 11.4 Å². The molecule has 0 aliphatic rings. The van der Waals surface area contributed by atoms with Gasteiger partial charge >= 0.3 is 0 Å². The third-order valence-electron chi connectivity index (χ3n) is 4.70. The van der Waals surface area contributed by atoms with Gasteiger partial charge in [0.25, 0.3) is 17.5 Å². The molecule has 10 heteroatoms. The Morgan fingerprint density at radius 3 is 2.50 bits per heavy atom. The van der Waals surface area contributed by atoms with Crippen LogP contribution < -0.4 is 15.5 Å². The Bertz CT molecular complexity index is 1260. The molecule has 9 nitrogen and oxygen atoms in total. The normalized spacial score (nSPS) is 10.7. The minimum Gasteiger partial charge on any atom is -0.482 e. The summed E-state index contributed by atoms with van der Waals surface area (Å²) in [6, 6.07) is 15.7. The number of rotatable bonds is 8. The number of carbonyl (C=O) groups excluding carboxylic acids is 2. The molecule has 2 N–H and O–H groups in total. The topological polar surface area (TPSA) is 123 Å². The first kappa shape index (κ1) is 24.4. The van der Waals surface area contributed by atoms with E-state index >= 15 is 0 Å². The Balaban J connectivity index is 1.53. The number of nitrogens with one attached hydrogen (secondary N) is 2. The average Bonchev–Trinajstić information content (AvgIpc) is 2.81. The second-order valence-electron chi connectivity index (χ2n) is 7.35. The van der Waals surface area contributed by atoms with Gasteiger partial charge < -0.3 is 10.1 Å². The lowest BCUT2D eigenvalue weighted by atomic mass is 10.1. The van der Waals surface area contributed by atoms with E-state index < -0.39 is 10.8 Å². The van der Waals surface area contributed by atoms with Crippen molar-refractivity contribution in [2.45, 2.75) is 13.8 Å². The number of nitro groups is 1. The van der Waals surface area contributed by atoms with E-state index in [0.29, 0.717) is 11.3 Å². The molecule has 0 aliphatic heterocycles. The number of hydrogen-bond acceptors (Lipinski definition) is 6. The molecule has 0 aromatic heterocycles. The molecule has 0 heterocycles. The molecule has 2 amide bonds. The maximum absolute atomic E-state index is 12.2. The Morgan fingerprint density at radius 1 is 1.09 bits per heavy atom. The molecule has 0 aliphatic carbocycles. The Morgan fingerprint density at radius 2 is 1.82 bits per heavy atom. The van der Waals surface area contributed by atoms with Crippen LogP contribution in [0.15, 0.2) is 65.8 Å². The third kappa shape index (κ3) is 6.63. The van der Waals surface area contributed by atoms with Crippen LogP contribution >= 0.6 is 11.6 Å². The summed E-state index contributed by atoms with van der Waals surface area (Å²) < 4.78 is 5.52. The first-order chi connectivity index (χ1) is 16.2. The number of anilines is 1. The Hall–Kier alpha value is -4.24. The number of hydrazone groups is 1. The zero-order valence-electron chi connectivity index (χ0n) is 18.4. The number of nitrogens with zero attached hydrogens (tertiary/aromatic N) is 2. The fourth-order valence-electron chi connectivity index (χ4n) is 2.88. The van der Waals surface area contributed by atoms with Crippen LogP contribution in [0.25, 0.3) is 0 Å². The number of ether oxygens (including phenoxy) is 1. The summed E-state index contributed by atoms with van der Waals surface area (Å²) in [5.41, 5.74) is 5.74. The van der Waals surface area contributed by atoms with E-state index in [1.807, 2.05) is 32.0 Å². The number of amides is 2. The highest BCUT2D eigenvalue weighted by Crippen LogP contribution is 2.25. The minimum atomic E-state index is -0.547. The lowest BCUT2D eigenvalue weighted by molar-refractivity contribution is -0.384. The molecule has 0 spiro atoms. The van der Waals surface area contributed by atoms with E-state index in [1.165, 1.54) is 30.5 Å². The fourth-order valence-corrected chi connectivity index (χ4v) is 3.12. The zero-order valence-corrected chi connectivity index (χ0v) is 19.1. The fraction of sp³-hybridized carbons (Fsp3) is 0.125. The highest BCUT2D eigenvalue weighted by Gasteiger charge is 2.10. The first-order valence-corrected chi connectivity index (χ1v) is 10.5. The van der Waals surface area contributed by atoms with E-state index in [1.54, 1.807) is 18.2 Å². The molecule has 3 rings (SSSR count). The van der Waals surface area contributed by atoms with E-state index in [-0.39, 0.29) is 28.8 Å². The van der Waals surface area contributed by atoms with Crippen LogP contribution in [-0.4, -0.2) is 29.6 Å². The van der Waals surface area contributed by atoms with E-state index in [9.17, 15) is 19.7 Å². The average molecular weight is 481 g/mol. The van der Waals surface area contributed by atoms with Gasteiger partial charge in [-0.2, -0.15) is 5.10 Å². The van der Waals surface area contributed by atoms with Crippen LogP contribution in [0.3, 0.4) is 0 Å². The van der Waals surface area contributed by atoms with Gasteiger partial charge in [0.15, 0.2) is 6.61 Å². The predicted octanol–water partition coefficient (Wildman–Crippen LogP) is 4.65. The van der Waals surface area contributed by atoms with Crippen molar-refractivity contribution in [1.82, 2.24) is 5.43 Å². The van der Waals surface area contributed by atoms with Gasteiger partial charge in [0.2, 0.25) is 0 Å². The molecular weight excluding hydrogens is 460 g/mol. The van der Waals surface area contributed by atoms with Crippen molar-refractivity contribution in [2.75, 3.05) is 11.9 Å². The second kappa shape index (κ2) is 11.1. The van der Waals surface area contributed by atoms with Crippen molar-refractivity contribution >= 4 is 41.0 Å². The molecule has 34 heavy (non-hydrogen) atoms. The molecule has 0 fully saturated rings. The number of non-ortho nitro benzene ring substituents is 1. The zero-order chi connectivity index (χ0) is 24.7. The third-order valence-corrected chi connectivity index (χ3v) is 5.00. The van der Waals surface area contributed by atoms with Crippen LogP contribution in [0.2, 0.25) is 5.02 Å². The van der Waals surface area contributed by atoms with E-state index in [0.717, 1.165) is 16.8 Å². The number of benzene rings is 3. The molecule has 3 aromatic carbocycles. The van der Waals surface area contributed by atoms with Gasteiger partial charge in [-0.3, -0.25) is 19.7 Å². The van der Waals surface area contributed by atoms with Crippen LogP contribution in [0.1, 0.15) is 27.0 Å². The molecule has 0 atom stereocenters. The maximum atomic E-state index is 12.2. The van der Waals surface area contributed by atoms with Crippen LogP contribution in [0, 0.1) is 24.0 Å². The van der Waals surface area contributed by atoms with Gasteiger partial charge in [-0.05, 0) is 66.9 Å². The molecule has 3 aromatic rings. The molecule has 0 unspecified atom stereocenters. The van der Waals surface area contributed by atoms with Crippen molar-refractivity contribution in [2.24, 2.45) is 5.10 Å². The Labute approximate surface area is 200 Å². The highest BCUT2D eigenvalue weighted by molar-refractivity contribution is 6.32. The molecule has 0 saturated heterocycles. The van der Waals surface area contributed by atoms with Gasteiger partial charge in [-0.25, -0.2) is 5.43 Å². The summed E-state index contributed by atoms with van der Waals surface area (Å²) in [4.78, 5) is 34.4. The molecular formula is C24H21ClN4O5. The standard InChI is InChI=1S/C24H21ClN4O5/c1-15-3-4-16(2)21(11-15)27-23(30)14-34-22-10-5-17(12-20(22)25)13-26-28-24(31)18-6-8-19(9-7-18)29(32)33/h3-13H,14H2,1-2H3,(H,27,30)(H,28,31)/b26-13+. The molecule has 0 bridgehead atoms. The number of carbonyl (C=O) groups is 2. The summed E-state index contributed by atoms with van der Waals surface area (Å²) in [7, 11) is 0. The lowest BCUT2D eigenvalue weighted by Crippen LogP contribution is -2.20. The van der Waals surface area contributed by atoms with Gasteiger partial charge in [0.05, 0.1) is 16.2 Å². The smallest absolute Gasteiger partial charge is 0.271 e. The quantitative estimate of drug-likeness (QED) is 0.276. The van der Waals surface area contributed by atoms with Crippen molar-refractivity contribution in [3.63, 3.8) is 0 Å². The molecule has 174 valence electrons. The monoisotopic (exact) mass is 480 g/mol. The number of hydrogen-bond donors (Lipinski definition) is 2. The number of aryl methyl sites for hydroxylation is 2. The largest absolute Gasteiger partial charge is 0.482 e. The van der Waals surface area contributed by atoms with Crippen molar-refractivity contribution in [3.05, 3.63) is 98.1 Å². The summed E-state index contributed by atoms with van der Waals surface area (Å²) in [5.74, 6) is -0.513. The van der Waals surface area contributed by atoms with Gasteiger partial charge in [0.1, 0.15) is 5.75 Å².